The Morgan fingerprint density at radius 3 is 1.83 bits per heavy atom. The smallest absolute Gasteiger partial charge is 0.251 e. The first-order valence-corrected chi connectivity index (χ1v) is 15.8. The second-order valence-electron chi connectivity index (χ2n) is 12.5. The number of nitrogens with one attached hydrogen (secondary N) is 1. The summed E-state index contributed by atoms with van der Waals surface area (Å²) in [6.45, 7) is -0.484. The number of ether oxygens (including phenoxy) is 6. The van der Waals surface area contributed by atoms with Crippen molar-refractivity contribution in [3.63, 3.8) is 0 Å². The van der Waals surface area contributed by atoms with Gasteiger partial charge in [0.05, 0.1) is 36.9 Å². The second kappa shape index (κ2) is 16.9. The minimum absolute atomic E-state index is 0.0521. The normalized spacial score (nSPS) is 44.9. The van der Waals surface area contributed by atoms with E-state index in [0.717, 1.165) is 0 Å². The largest absolute Gasteiger partial charge is 0.394 e. The van der Waals surface area contributed by atoms with Crippen molar-refractivity contribution in [3.8, 4) is 0 Å². The number of aliphatic hydroxyl groups is 5. The van der Waals surface area contributed by atoms with E-state index in [0.29, 0.717) is 25.7 Å². The fourth-order valence-corrected chi connectivity index (χ4v) is 6.24. The Morgan fingerprint density at radius 1 is 0.761 bits per heavy atom. The van der Waals surface area contributed by atoms with Crippen LogP contribution in [0.25, 0.3) is 0 Å². The maximum Gasteiger partial charge on any atom is 0.251 e. The first-order valence-electron chi connectivity index (χ1n) is 15.8. The van der Waals surface area contributed by atoms with Crippen LogP contribution in [0.15, 0.2) is 0 Å². The van der Waals surface area contributed by atoms with Crippen LogP contribution in [0.3, 0.4) is 0 Å². The van der Waals surface area contributed by atoms with E-state index in [1.54, 1.807) is 0 Å². The van der Waals surface area contributed by atoms with Crippen molar-refractivity contribution >= 4 is 5.91 Å². The molecule has 268 valence electrons. The molecule has 0 aromatic heterocycles. The number of carbonyl (C=O) groups excluding carboxylic acids is 1. The summed E-state index contributed by atoms with van der Waals surface area (Å²) >= 11 is 0. The lowest BCUT2D eigenvalue weighted by Gasteiger charge is -2.46. The molecule has 0 bridgehead atoms. The number of amides is 1. The lowest BCUT2D eigenvalue weighted by Crippen LogP contribution is -2.67. The molecule has 1 amide bonds. The molecule has 0 aromatic carbocycles. The van der Waals surface area contributed by atoms with E-state index in [1.165, 1.54) is 0 Å². The second-order valence-corrected chi connectivity index (χ2v) is 12.5. The van der Waals surface area contributed by atoms with Crippen LogP contribution in [0.4, 0.5) is 0 Å². The van der Waals surface area contributed by atoms with Gasteiger partial charge in [0, 0.05) is 25.7 Å². The van der Waals surface area contributed by atoms with Gasteiger partial charge in [-0.2, -0.15) is 0 Å². The summed E-state index contributed by atoms with van der Waals surface area (Å²) in [7, 11) is 0. The predicted molar refractivity (Wildman–Crippen MR) is 158 cm³/mol. The topological polar surface area (TPSA) is 342 Å². The van der Waals surface area contributed by atoms with Crippen molar-refractivity contribution in [1.82, 2.24) is 5.32 Å². The fourth-order valence-electron chi connectivity index (χ4n) is 6.24. The summed E-state index contributed by atoms with van der Waals surface area (Å²) in [5.74, 6) is -0.999. The molecule has 3 heterocycles. The highest BCUT2D eigenvalue weighted by Gasteiger charge is 2.53. The number of nitrogens with two attached hydrogens (primary N) is 6. The third kappa shape index (κ3) is 8.68. The zero-order valence-corrected chi connectivity index (χ0v) is 25.7. The molecule has 0 radical (unpaired) electrons. The SMILES string of the molecule is NC[C@@H]1CC[C@@H](N)[C@@H](O[C@H]2[C@H](O[C@@H]3O[C@H](CO)[C@@H](O[C@H]4O[C@@H](CN)CC[C@H]4N)[C@H]3O)[C@@H](O)[C@H](NC(=O)[C@@H](O)[C@@H](O)CN)C[C@@H]2N)O1. The van der Waals surface area contributed by atoms with Crippen molar-refractivity contribution < 1.29 is 58.7 Å². The van der Waals surface area contributed by atoms with Crippen molar-refractivity contribution in [2.75, 3.05) is 26.2 Å². The van der Waals surface area contributed by atoms with Crippen molar-refractivity contribution in [2.45, 2.75) is 136 Å². The number of rotatable bonds is 13. The molecular formula is C27H53N7O12. The zero-order valence-electron chi connectivity index (χ0n) is 25.7. The molecule has 0 unspecified atom stereocenters. The van der Waals surface area contributed by atoms with E-state index in [2.05, 4.69) is 5.32 Å². The van der Waals surface area contributed by atoms with Crippen molar-refractivity contribution in [1.29, 1.82) is 0 Å². The molecule has 0 spiro atoms. The molecular weight excluding hydrogens is 614 g/mol. The summed E-state index contributed by atoms with van der Waals surface area (Å²) in [6, 6.07) is -3.10. The molecule has 17 atom stereocenters. The molecule has 1 saturated carbocycles. The summed E-state index contributed by atoms with van der Waals surface area (Å²) in [5, 5.41) is 55.4. The maximum absolute atomic E-state index is 12.7. The van der Waals surface area contributed by atoms with Gasteiger partial charge in [0.25, 0.3) is 5.91 Å². The predicted octanol–water partition coefficient (Wildman–Crippen LogP) is -6.94. The Morgan fingerprint density at radius 2 is 1.30 bits per heavy atom. The lowest BCUT2D eigenvalue weighted by molar-refractivity contribution is -0.288. The molecule has 1 aliphatic carbocycles. The Hall–Kier alpha value is -1.21. The molecule has 4 rings (SSSR count). The first kappa shape index (κ1) is 37.6. The number of aliphatic hydroxyl groups excluding tert-OH is 5. The highest BCUT2D eigenvalue weighted by atomic mass is 16.8. The van der Waals surface area contributed by atoms with Gasteiger partial charge in [-0.1, -0.05) is 0 Å². The Balaban J connectivity index is 1.54. The Labute approximate surface area is 267 Å². The third-order valence-electron chi connectivity index (χ3n) is 9.09. The Kier molecular flexibility index (Phi) is 13.9. The number of carbonyl (C=O) groups is 1. The maximum atomic E-state index is 12.7. The van der Waals surface area contributed by atoms with Gasteiger partial charge < -0.3 is 93.7 Å². The summed E-state index contributed by atoms with van der Waals surface area (Å²) in [5.41, 5.74) is 35.9. The van der Waals surface area contributed by atoms with E-state index in [4.69, 9.17) is 62.8 Å². The van der Waals surface area contributed by atoms with E-state index in [-0.39, 0.29) is 38.3 Å². The van der Waals surface area contributed by atoms with Crippen LogP contribution in [0, 0.1) is 0 Å². The van der Waals surface area contributed by atoms with Crippen LogP contribution in [-0.4, -0.2) is 162 Å². The number of hydrogen-bond acceptors (Lipinski definition) is 18. The average Bonchev–Trinajstić information content (AvgIpc) is 3.35. The monoisotopic (exact) mass is 667 g/mol. The van der Waals surface area contributed by atoms with E-state index < -0.39 is 104 Å². The standard InChI is InChI=1S/C27H53N7O12/c28-6-10-1-3-12(31)25(41-10)44-21-14(33)5-15(34-24(40)19(38)16(36)8-30)18(37)23(21)46-27-20(39)22(17(9-35)43-27)45-26-13(32)4-2-11(7-29)42-26/h10-23,25-27,35-39H,1-9,28-33H2,(H,34,40)/t10-,11+,12+,13+,14-,15+,16-,17+,18-,19-,20+,21+,22+,23+,25+,26+,27-/m0/s1. The van der Waals surface area contributed by atoms with Crippen LogP contribution in [0.2, 0.25) is 0 Å². The van der Waals surface area contributed by atoms with Crippen molar-refractivity contribution in [2.24, 2.45) is 34.4 Å². The molecule has 4 aliphatic rings. The van der Waals surface area contributed by atoms with Crippen LogP contribution in [-0.2, 0) is 33.2 Å². The van der Waals surface area contributed by atoms with Gasteiger partial charge in [-0.25, -0.2) is 0 Å². The summed E-state index contributed by atoms with van der Waals surface area (Å²) < 4.78 is 35.9. The molecule has 0 aromatic rings. The highest BCUT2D eigenvalue weighted by Crippen LogP contribution is 2.34. The van der Waals surface area contributed by atoms with Crippen LogP contribution < -0.4 is 39.7 Å². The highest BCUT2D eigenvalue weighted by molar-refractivity contribution is 5.81. The van der Waals surface area contributed by atoms with Crippen LogP contribution in [0.5, 0.6) is 0 Å². The molecule has 18 N–H and O–H groups in total. The van der Waals surface area contributed by atoms with Crippen molar-refractivity contribution in [3.05, 3.63) is 0 Å². The van der Waals surface area contributed by atoms with Gasteiger partial charge in [-0.15, -0.1) is 0 Å². The lowest BCUT2D eigenvalue weighted by atomic mass is 9.83. The molecule has 4 fully saturated rings. The fraction of sp³-hybridized carbons (Fsp3) is 0.963. The first-order chi connectivity index (χ1) is 21.9. The summed E-state index contributed by atoms with van der Waals surface area (Å²) in [6.07, 6.45) is -12.9. The molecule has 46 heavy (non-hydrogen) atoms. The van der Waals surface area contributed by atoms with E-state index in [9.17, 15) is 30.3 Å². The molecule has 19 nitrogen and oxygen atoms in total. The number of hydrogen-bond donors (Lipinski definition) is 12. The third-order valence-corrected chi connectivity index (χ3v) is 9.09. The van der Waals surface area contributed by atoms with Crippen LogP contribution >= 0.6 is 0 Å². The molecule has 19 heteroatoms. The van der Waals surface area contributed by atoms with E-state index in [1.807, 2.05) is 0 Å². The quantitative estimate of drug-likeness (QED) is 0.0867. The zero-order chi connectivity index (χ0) is 33.7. The molecule has 3 aliphatic heterocycles. The van der Waals surface area contributed by atoms with Gasteiger partial charge in [0.2, 0.25) is 0 Å². The van der Waals surface area contributed by atoms with Gasteiger partial charge >= 0.3 is 0 Å². The van der Waals surface area contributed by atoms with Gasteiger partial charge in [-0.05, 0) is 32.1 Å². The summed E-state index contributed by atoms with van der Waals surface area (Å²) in [4.78, 5) is 12.7. The average molecular weight is 668 g/mol. The minimum Gasteiger partial charge on any atom is -0.394 e. The van der Waals surface area contributed by atoms with Gasteiger partial charge in [0.1, 0.15) is 42.7 Å². The van der Waals surface area contributed by atoms with E-state index >= 15 is 0 Å². The van der Waals surface area contributed by atoms with Gasteiger partial charge in [0.15, 0.2) is 25.0 Å². The Bertz CT molecular complexity index is 963. The van der Waals surface area contributed by atoms with Gasteiger partial charge in [-0.3, -0.25) is 4.79 Å². The molecule has 3 saturated heterocycles. The minimum atomic E-state index is -1.88. The van der Waals surface area contributed by atoms with Crippen LogP contribution in [0.1, 0.15) is 32.1 Å².